The molecule has 1 aliphatic rings. The van der Waals surface area contributed by atoms with Gasteiger partial charge in [-0.15, -0.1) is 0 Å². The van der Waals surface area contributed by atoms with E-state index < -0.39 is 0 Å². The van der Waals surface area contributed by atoms with Gasteiger partial charge in [-0.05, 0) is 24.7 Å². The van der Waals surface area contributed by atoms with Crippen molar-refractivity contribution in [2.75, 3.05) is 38.9 Å². The van der Waals surface area contributed by atoms with Crippen LogP contribution >= 0.6 is 11.8 Å². The first kappa shape index (κ1) is 16.0. The fourth-order valence-corrected chi connectivity index (χ4v) is 3.15. The van der Waals surface area contributed by atoms with Crippen molar-refractivity contribution in [3.63, 3.8) is 0 Å². The lowest BCUT2D eigenvalue weighted by Crippen LogP contribution is -2.20. The van der Waals surface area contributed by atoms with Crippen molar-refractivity contribution in [2.45, 2.75) is 12.5 Å². The minimum absolute atomic E-state index is 0.164. The van der Waals surface area contributed by atoms with Crippen LogP contribution in [0.4, 0.5) is 0 Å². The second-order valence-corrected chi connectivity index (χ2v) is 5.80. The third-order valence-corrected chi connectivity index (χ3v) is 4.34. The lowest BCUT2D eigenvalue weighted by atomic mass is 10.1. The number of carbonyl (C=O) groups excluding carboxylic acids is 1. The zero-order valence-corrected chi connectivity index (χ0v) is 13.2. The summed E-state index contributed by atoms with van der Waals surface area (Å²) in [7, 11) is 3.35. The van der Waals surface area contributed by atoms with Crippen LogP contribution in [0.25, 0.3) is 0 Å². The second kappa shape index (κ2) is 8.14. The number of rotatable bonds is 7. The Morgan fingerprint density at radius 1 is 1.38 bits per heavy atom. The molecule has 1 aromatic rings. The molecule has 1 aliphatic heterocycles. The Hall–Kier alpha value is -1.40. The molecule has 0 aromatic heterocycles. The zero-order chi connectivity index (χ0) is 15.1. The number of benzene rings is 1. The summed E-state index contributed by atoms with van der Waals surface area (Å²) in [5.74, 6) is 3.09. The van der Waals surface area contributed by atoms with Crippen molar-refractivity contribution in [2.24, 2.45) is 0 Å². The fourth-order valence-electron chi connectivity index (χ4n) is 2.08. The van der Waals surface area contributed by atoms with E-state index in [0.29, 0.717) is 19.6 Å². The van der Waals surface area contributed by atoms with Crippen molar-refractivity contribution in [1.29, 1.82) is 0 Å². The summed E-state index contributed by atoms with van der Waals surface area (Å²) in [6.45, 7) is 1.19. The highest BCUT2D eigenvalue weighted by Gasteiger charge is 2.16. The first-order valence-corrected chi connectivity index (χ1v) is 8.11. The van der Waals surface area contributed by atoms with E-state index in [1.54, 1.807) is 11.8 Å². The monoisotopic (exact) mass is 311 g/mol. The highest BCUT2D eigenvalue weighted by Crippen LogP contribution is 2.33. The van der Waals surface area contributed by atoms with Crippen LogP contribution in [0.5, 0.6) is 11.5 Å². The lowest BCUT2D eigenvalue weighted by molar-refractivity contribution is -0.140. The maximum atomic E-state index is 11.1. The molecule has 0 radical (unpaired) electrons. The van der Waals surface area contributed by atoms with E-state index in [1.807, 2.05) is 19.2 Å². The summed E-state index contributed by atoms with van der Waals surface area (Å²) in [4.78, 5) is 11.1. The first-order valence-electron chi connectivity index (χ1n) is 6.96. The molecule has 0 aliphatic carbocycles. The molecule has 0 saturated heterocycles. The molecule has 0 bridgehead atoms. The first-order chi connectivity index (χ1) is 10.2. The predicted molar refractivity (Wildman–Crippen MR) is 83.2 cm³/mol. The average molecular weight is 311 g/mol. The van der Waals surface area contributed by atoms with Crippen molar-refractivity contribution < 1.29 is 19.0 Å². The Balaban J connectivity index is 1.90. The van der Waals surface area contributed by atoms with Crippen LogP contribution in [-0.2, 0) is 9.53 Å². The number of hydrogen-bond donors (Lipinski definition) is 1. The SMILES string of the molecule is CNC(CSCCC(=O)OC)c1ccc2c(c1)OCCO2. The molecule has 2 rings (SSSR count). The summed E-state index contributed by atoms with van der Waals surface area (Å²) in [6.07, 6.45) is 0.443. The molecule has 1 aromatic carbocycles. The fraction of sp³-hybridized carbons (Fsp3) is 0.533. The quantitative estimate of drug-likeness (QED) is 0.614. The standard InChI is InChI=1S/C15H21NO4S/c1-16-12(10-21-8-5-15(17)18-2)11-3-4-13-14(9-11)20-7-6-19-13/h3-4,9,12,16H,5-8,10H2,1-2H3. The van der Waals surface area contributed by atoms with Crippen LogP contribution in [-0.4, -0.2) is 44.8 Å². The topological polar surface area (TPSA) is 56.8 Å². The highest BCUT2D eigenvalue weighted by atomic mass is 32.2. The molecule has 5 nitrogen and oxygen atoms in total. The van der Waals surface area contributed by atoms with E-state index in [9.17, 15) is 4.79 Å². The number of methoxy groups -OCH3 is 1. The molecule has 1 heterocycles. The minimum Gasteiger partial charge on any atom is -0.486 e. The Bertz CT molecular complexity index is 481. The minimum atomic E-state index is -0.164. The summed E-state index contributed by atoms with van der Waals surface area (Å²) in [5.41, 5.74) is 1.16. The molecular formula is C15H21NO4S. The number of ether oxygens (including phenoxy) is 3. The third kappa shape index (κ3) is 4.54. The van der Waals surface area contributed by atoms with Gasteiger partial charge in [-0.3, -0.25) is 4.79 Å². The number of hydrogen-bond acceptors (Lipinski definition) is 6. The summed E-state index contributed by atoms with van der Waals surface area (Å²) >= 11 is 1.73. The maximum Gasteiger partial charge on any atom is 0.306 e. The van der Waals surface area contributed by atoms with Crippen LogP contribution in [0.2, 0.25) is 0 Å². The van der Waals surface area contributed by atoms with Crippen LogP contribution in [0.15, 0.2) is 18.2 Å². The molecule has 21 heavy (non-hydrogen) atoms. The average Bonchev–Trinajstić information content (AvgIpc) is 2.54. The van der Waals surface area contributed by atoms with Gasteiger partial charge in [0.25, 0.3) is 0 Å². The molecule has 0 saturated carbocycles. The van der Waals surface area contributed by atoms with Gasteiger partial charge in [-0.1, -0.05) is 6.07 Å². The Morgan fingerprint density at radius 3 is 2.86 bits per heavy atom. The third-order valence-electron chi connectivity index (χ3n) is 3.28. The summed E-state index contributed by atoms with van der Waals surface area (Å²) in [5, 5.41) is 3.29. The van der Waals surface area contributed by atoms with Gasteiger partial charge in [0, 0.05) is 17.5 Å². The number of nitrogens with one attached hydrogen (secondary N) is 1. The number of carbonyl (C=O) groups is 1. The normalized spacial score (nSPS) is 14.6. The van der Waals surface area contributed by atoms with E-state index in [2.05, 4.69) is 16.1 Å². The van der Waals surface area contributed by atoms with Gasteiger partial charge in [0.1, 0.15) is 13.2 Å². The smallest absolute Gasteiger partial charge is 0.306 e. The van der Waals surface area contributed by atoms with Crippen LogP contribution < -0.4 is 14.8 Å². The molecule has 0 amide bonds. The summed E-state index contributed by atoms with van der Waals surface area (Å²) in [6, 6.07) is 6.24. The number of thioether (sulfide) groups is 1. The van der Waals surface area contributed by atoms with Gasteiger partial charge in [-0.2, -0.15) is 11.8 Å². The molecule has 6 heteroatoms. The van der Waals surface area contributed by atoms with Crippen molar-refractivity contribution in [3.8, 4) is 11.5 Å². The molecule has 1 unspecified atom stereocenters. The van der Waals surface area contributed by atoms with Gasteiger partial charge in [0.15, 0.2) is 11.5 Å². The van der Waals surface area contributed by atoms with E-state index >= 15 is 0 Å². The van der Waals surface area contributed by atoms with Gasteiger partial charge in [-0.25, -0.2) is 0 Å². The second-order valence-electron chi connectivity index (χ2n) is 4.65. The Morgan fingerprint density at radius 2 is 2.14 bits per heavy atom. The van der Waals surface area contributed by atoms with Crippen molar-refractivity contribution in [3.05, 3.63) is 23.8 Å². The van der Waals surface area contributed by atoms with Gasteiger partial charge >= 0.3 is 5.97 Å². The zero-order valence-electron chi connectivity index (χ0n) is 12.4. The summed E-state index contributed by atoms with van der Waals surface area (Å²) < 4.78 is 15.8. The van der Waals surface area contributed by atoms with E-state index in [0.717, 1.165) is 28.6 Å². The Kier molecular flexibility index (Phi) is 6.20. The molecule has 116 valence electrons. The van der Waals surface area contributed by atoms with Gasteiger partial charge < -0.3 is 19.5 Å². The molecule has 1 atom stereocenters. The van der Waals surface area contributed by atoms with Crippen LogP contribution in [0, 0.1) is 0 Å². The lowest BCUT2D eigenvalue weighted by Gasteiger charge is -2.22. The molecule has 0 spiro atoms. The van der Waals surface area contributed by atoms with E-state index in [1.165, 1.54) is 7.11 Å². The highest BCUT2D eigenvalue weighted by molar-refractivity contribution is 7.99. The molecular weight excluding hydrogens is 290 g/mol. The van der Waals surface area contributed by atoms with Crippen molar-refractivity contribution >= 4 is 17.7 Å². The van der Waals surface area contributed by atoms with E-state index in [4.69, 9.17) is 9.47 Å². The number of fused-ring (bicyclic) bond motifs is 1. The maximum absolute atomic E-state index is 11.1. The Labute approximate surface area is 129 Å². The molecule has 1 N–H and O–H groups in total. The predicted octanol–water partition coefficient (Wildman–Crippen LogP) is 2.01. The van der Waals surface area contributed by atoms with Crippen LogP contribution in [0.1, 0.15) is 18.0 Å². The largest absolute Gasteiger partial charge is 0.486 e. The van der Waals surface area contributed by atoms with Crippen molar-refractivity contribution in [1.82, 2.24) is 5.32 Å². The van der Waals surface area contributed by atoms with Crippen LogP contribution in [0.3, 0.4) is 0 Å². The molecule has 0 fully saturated rings. The van der Waals surface area contributed by atoms with Gasteiger partial charge in [0.2, 0.25) is 0 Å². The van der Waals surface area contributed by atoms with Gasteiger partial charge in [0.05, 0.1) is 13.5 Å². The van der Waals surface area contributed by atoms with E-state index in [-0.39, 0.29) is 12.0 Å². The number of esters is 1.